The maximum Gasteiger partial charge on any atom is 0.0647 e. The molecule has 0 amide bonds. The van der Waals surface area contributed by atoms with Gasteiger partial charge in [0, 0.05) is 25.0 Å². The highest BCUT2D eigenvalue weighted by molar-refractivity contribution is 9.10. The molecule has 94 valence electrons. The molecule has 0 N–H and O–H groups in total. The summed E-state index contributed by atoms with van der Waals surface area (Å²) in [6.45, 7) is 2.37. The Morgan fingerprint density at radius 2 is 1.61 bits per heavy atom. The van der Waals surface area contributed by atoms with Gasteiger partial charge in [-0.15, -0.1) is 0 Å². The molecule has 2 aromatic rings. The number of nitrogens with zero attached hydrogens (tertiary/aromatic N) is 3. The molecule has 3 rings (SSSR count). The highest BCUT2D eigenvalue weighted by atomic mass is 79.9. The van der Waals surface area contributed by atoms with Gasteiger partial charge < -0.3 is 4.90 Å². The van der Waals surface area contributed by atoms with Gasteiger partial charge in [-0.2, -0.15) is 5.10 Å². The summed E-state index contributed by atoms with van der Waals surface area (Å²) in [4.78, 5) is 2.46. The van der Waals surface area contributed by atoms with Crippen LogP contribution in [0.15, 0.2) is 41.1 Å². The molecule has 1 aromatic heterocycles. The van der Waals surface area contributed by atoms with Crippen molar-refractivity contribution in [2.45, 2.75) is 19.3 Å². The molecule has 4 heteroatoms. The lowest BCUT2D eigenvalue weighted by Gasteiger charge is -2.28. The van der Waals surface area contributed by atoms with E-state index in [0.717, 1.165) is 10.2 Å². The van der Waals surface area contributed by atoms with Crippen LogP contribution < -0.4 is 4.90 Å². The van der Waals surface area contributed by atoms with Gasteiger partial charge in [0.2, 0.25) is 0 Å². The van der Waals surface area contributed by atoms with Gasteiger partial charge in [0.1, 0.15) is 0 Å². The fraction of sp³-hybridized carbons (Fsp3) is 0.357. The molecule has 0 radical (unpaired) electrons. The second kappa shape index (κ2) is 5.14. The molecule has 1 aromatic carbocycles. The Labute approximate surface area is 116 Å². The van der Waals surface area contributed by atoms with Crippen LogP contribution in [-0.2, 0) is 0 Å². The normalized spacial score (nSPS) is 15.9. The monoisotopic (exact) mass is 305 g/mol. The fourth-order valence-electron chi connectivity index (χ4n) is 2.41. The van der Waals surface area contributed by atoms with E-state index in [-0.39, 0.29) is 0 Å². The number of aromatic nitrogens is 2. The zero-order valence-corrected chi connectivity index (χ0v) is 11.8. The largest absolute Gasteiger partial charge is 0.372 e. The minimum absolute atomic E-state index is 1.00. The second-order valence-electron chi connectivity index (χ2n) is 4.67. The van der Waals surface area contributed by atoms with Gasteiger partial charge in [-0.05, 0) is 59.5 Å². The van der Waals surface area contributed by atoms with E-state index in [1.165, 1.54) is 38.0 Å². The van der Waals surface area contributed by atoms with Crippen molar-refractivity contribution in [2.75, 3.05) is 18.0 Å². The summed E-state index contributed by atoms with van der Waals surface area (Å²) < 4.78 is 2.88. The molecule has 0 atom stereocenters. The third kappa shape index (κ3) is 2.43. The average Bonchev–Trinajstić information content (AvgIpc) is 2.87. The molecular weight excluding hydrogens is 290 g/mol. The van der Waals surface area contributed by atoms with Crippen molar-refractivity contribution in [1.82, 2.24) is 9.78 Å². The predicted octanol–water partition coefficient (Wildman–Crippen LogP) is 3.63. The molecule has 3 nitrogen and oxygen atoms in total. The molecule has 0 saturated carbocycles. The second-order valence-corrected chi connectivity index (χ2v) is 5.58. The Bertz CT molecular complexity index is 512. The highest BCUT2D eigenvalue weighted by Crippen LogP contribution is 2.21. The highest BCUT2D eigenvalue weighted by Gasteiger charge is 2.10. The van der Waals surface area contributed by atoms with E-state index in [4.69, 9.17) is 0 Å². The fourth-order valence-corrected chi connectivity index (χ4v) is 2.70. The van der Waals surface area contributed by atoms with Crippen molar-refractivity contribution in [2.24, 2.45) is 0 Å². The zero-order valence-electron chi connectivity index (χ0n) is 10.2. The topological polar surface area (TPSA) is 21.1 Å². The lowest BCUT2D eigenvalue weighted by Crippen LogP contribution is -2.29. The van der Waals surface area contributed by atoms with Crippen LogP contribution in [0.4, 0.5) is 5.69 Å². The van der Waals surface area contributed by atoms with E-state index in [1.54, 1.807) is 6.20 Å². The molecule has 1 aliphatic rings. The Morgan fingerprint density at radius 3 is 2.22 bits per heavy atom. The van der Waals surface area contributed by atoms with Crippen molar-refractivity contribution in [3.05, 3.63) is 41.1 Å². The minimum Gasteiger partial charge on any atom is -0.372 e. The van der Waals surface area contributed by atoms with Crippen molar-refractivity contribution in [3.63, 3.8) is 0 Å². The van der Waals surface area contributed by atoms with Crippen LogP contribution in [0.3, 0.4) is 0 Å². The summed E-state index contributed by atoms with van der Waals surface area (Å²) in [7, 11) is 0. The number of benzene rings is 1. The number of hydrogen-bond acceptors (Lipinski definition) is 2. The SMILES string of the molecule is Brc1cnn(-c2ccc(N3CCCCC3)cc2)c1. The van der Waals surface area contributed by atoms with E-state index in [0.29, 0.717) is 0 Å². The van der Waals surface area contributed by atoms with Gasteiger partial charge >= 0.3 is 0 Å². The van der Waals surface area contributed by atoms with Crippen LogP contribution in [0, 0.1) is 0 Å². The first-order valence-electron chi connectivity index (χ1n) is 6.38. The first-order chi connectivity index (χ1) is 8.83. The van der Waals surface area contributed by atoms with Crippen molar-refractivity contribution in [1.29, 1.82) is 0 Å². The molecule has 0 spiro atoms. The summed E-state index contributed by atoms with van der Waals surface area (Å²) in [5, 5.41) is 4.28. The zero-order chi connectivity index (χ0) is 12.4. The maximum atomic E-state index is 4.28. The maximum absolute atomic E-state index is 4.28. The predicted molar refractivity (Wildman–Crippen MR) is 77.3 cm³/mol. The van der Waals surface area contributed by atoms with Crippen LogP contribution in [0.1, 0.15) is 19.3 Å². The summed E-state index contributed by atoms with van der Waals surface area (Å²) in [6, 6.07) is 8.64. The number of hydrogen-bond donors (Lipinski definition) is 0. The molecule has 1 fully saturated rings. The molecular formula is C14H16BrN3. The number of anilines is 1. The summed E-state index contributed by atoms with van der Waals surface area (Å²) in [6.07, 6.45) is 7.77. The third-order valence-corrected chi connectivity index (χ3v) is 3.80. The van der Waals surface area contributed by atoms with Crippen LogP contribution in [-0.4, -0.2) is 22.9 Å². The van der Waals surface area contributed by atoms with Crippen molar-refractivity contribution < 1.29 is 0 Å². The smallest absolute Gasteiger partial charge is 0.0647 e. The molecule has 1 saturated heterocycles. The standard InChI is InChI=1S/C14H16BrN3/c15-12-10-16-18(11-12)14-6-4-13(5-7-14)17-8-2-1-3-9-17/h4-7,10-11H,1-3,8-9H2. The van der Waals surface area contributed by atoms with Crippen molar-refractivity contribution >= 4 is 21.6 Å². The molecule has 1 aliphatic heterocycles. The number of rotatable bonds is 2. The molecule has 0 aliphatic carbocycles. The van der Waals surface area contributed by atoms with E-state index < -0.39 is 0 Å². The van der Waals surface area contributed by atoms with Gasteiger partial charge in [-0.3, -0.25) is 0 Å². The first-order valence-corrected chi connectivity index (χ1v) is 7.18. The van der Waals surface area contributed by atoms with Crippen LogP contribution in [0.5, 0.6) is 0 Å². The lowest BCUT2D eigenvalue weighted by molar-refractivity contribution is 0.578. The number of halogens is 1. The summed E-state index contributed by atoms with van der Waals surface area (Å²) in [5.74, 6) is 0. The van der Waals surface area contributed by atoms with E-state index in [9.17, 15) is 0 Å². The van der Waals surface area contributed by atoms with Gasteiger partial charge in [0.15, 0.2) is 0 Å². The van der Waals surface area contributed by atoms with Gasteiger partial charge in [-0.1, -0.05) is 0 Å². The summed E-state index contributed by atoms with van der Waals surface area (Å²) in [5.41, 5.74) is 2.42. The van der Waals surface area contributed by atoms with Gasteiger partial charge in [0.05, 0.1) is 16.4 Å². The Morgan fingerprint density at radius 1 is 0.944 bits per heavy atom. The molecule has 2 heterocycles. The Hall–Kier alpha value is -1.29. The summed E-state index contributed by atoms with van der Waals surface area (Å²) >= 11 is 3.41. The van der Waals surface area contributed by atoms with E-state index >= 15 is 0 Å². The van der Waals surface area contributed by atoms with Crippen LogP contribution in [0.25, 0.3) is 5.69 Å². The minimum atomic E-state index is 1.00. The van der Waals surface area contributed by atoms with E-state index in [2.05, 4.69) is 50.2 Å². The third-order valence-electron chi connectivity index (χ3n) is 3.39. The van der Waals surface area contributed by atoms with E-state index in [1.807, 2.05) is 10.9 Å². The van der Waals surface area contributed by atoms with Gasteiger partial charge in [-0.25, -0.2) is 4.68 Å². The first kappa shape index (κ1) is 11.8. The van der Waals surface area contributed by atoms with Crippen LogP contribution >= 0.6 is 15.9 Å². The molecule has 0 bridgehead atoms. The van der Waals surface area contributed by atoms with Crippen molar-refractivity contribution in [3.8, 4) is 5.69 Å². The molecule has 18 heavy (non-hydrogen) atoms. The van der Waals surface area contributed by atoms with Crippen LogP contribution in [0.2, 0.25) is 0 Å². The average molecular weight is 306 g/mol. The number of piperidine rings is 1. The quantitative estimate of drug-likeness (QED) is 0.845. The van der Waals surface area contributed by atoms with Gasteiger partial charge in [0.25, 0.3) is 0 Å². The Kier molecular flexibility index (Phi) is 3.37. The lowest BCUT2D eigenvalue weighted by atomic mass is 10.1. The Balaban J connectivity index is 1.80. The molecule has 0 unspecified atom stereocenters.